The lowest BCUT2D eigenvalue weighted by atomic mass is 9.78. The second-order valence-electron chi connectivity index (χ2n) is 17.5. The van der Waals surface area contributed by atoms with Crippen LogP contribution >= 0.6 is 0 Å². The van der Waals surface area contributed by atoms with E-state index in [1.165, 1.54) is 85.3 Å². The van der Waals surface area contributed by atoms with Crippen molar-refractivity contribution >= 4 is 40.3 Å². The fourth-order valence-electron chi connectivity index (χ4n) is 8.49. The van der Waals surface area contributed by atoms with E-state index in [1.807, 2.05) is 0 Å². The lowest BCUT2D eigenvalue weighted by Crippen LogP contribution is -2.46. The fraction of sp³-hybridized carbons (Fsp3) is 0.592. The van der Waals surface area contributed by atoms with Gasteiger partial charge in [-0.15, -0.1) is 0 Å². The Labute approximate surface area is 377 Å². The summed E-state index contributed by atoms with van der Waals surface area (Å²) < 4.78 is 23.6. The van der Waals surface area contributed by atoms with Gasteiger partial charge in [0.2, 0.25) is 0 Å². The number of nitrogens with zero attached hydrogens (tertiary/aromatic N) is 1. The van der Waals surface area contributed by atoms with Gasteiger partial charge in [-0.25, -0.2) is 0 Å². The van der Waals surface area contributed by atoms with Crippen LogP contribution in [0.1, 0.15) is 135 Å². The van der Waals surface area contributed by atoms with Gasteiger partial charge in [0, 0.05) is 61.2 Å². The third-order valence-corrected chi connectivity index (χ3v) is 12.6. The van der Waals surface area contributed by atoms with Crippen molar-refractivity contribution in [2.45, 2.75) is 150 Å². The van der Waals surface area contributed by atoms with Crippen LogP contribution in [0.2, 0.25) is 0 Å². The van der Waals surface area contributed by atoms with Gasteiger partial charge in [-0.2, -0.15) is 0 Å². The number of esters is 1. The predicted molar refractivity (Wildman–Crippen MR) is 245 cm³/mol. The van der Waals surface area contributed by atoms with Gasteiger partial charge >= 0.3 is 11.8 Å². The van der Waals surface area contributed by atoms with Gasteiger partial charge in [0.1, 0.15) is 30.0 Å². The van der Waals surface area contributed by atoms with Crippen LogP contribution in [0.15, 0.2) is 41.3 Å². The van der Waals surface area contributed by atoms with Gasteiger partial charge < -0.3 is 54.6 Å². The Morgan fingerprint density at radius 2 is 1.52 bits per heavy atom. The Hall–Kier alpha value is -5.12. The SMILES string of the molecule is CCCCCCCCCCCO/N=C\c1c2c(O)c3c(O)c(C)c4c(c3c1O)C(=O)C(C)(O/C=C\C(OC)C(C)C(OC(C)=O)C(C)C(O)C(C)C(O)C(C)/C=C\C=C(\C)C(=O)N2)O4. The highest BCUT2D eigenvalue weighted by atomic mass is 16.7. The first-order chi connectivity index (χ1) is 30.3. The summed E-state index contributed by atoms with van der Waals surface area (Å²) in [4.78, 5) is 46.1. The average Bonchev–Trinajstić information content (AvgIpc) is 3.52. The number of amides is 1. The number of phenolic OH excluding ortho intramolecular Hbond substituents is 3. The smallest absolute Gasteiger partial charge is 0.312 e. The van der Waals surface area contributed by atoms with Gasteiger partial charge in [0.15, 0.2) is 5.75 Å². The molecule has 0 spiro atoms. The third kappa shape index (κ3) is 11.8. The molecule has 1 amide bonds. The van der Waals surface area contributed by atoms with Crippen LogP contribution in [0.25, 0.3) is 10.8 Å². The Morgan fingerprint density at radius 3 is 2.14 bits per heavy atom. The number of hydrogen-bond acceptors (Lipinski definition) is 14. The van der Waals surface area contributed by atoms with Crippen LogP contribution < -0.4 is 10.1 Å². The molecule has 2 aromatic carbocycles. The van der Waals surface area contributed by atoms with Gasteiger partial charge in [0.25, 0.3) is 11.7 Å². The lowest BCUT2D eigenvalue weighted by molar-refractivity contribution is -0.160. The minimum atomic E-state index is -2.06. The summed E-state index contributed by atoms with van der Waals surface area (Å²) in [6, 6.07) is 0. The summed E-state index contributed by atoms with van der Waals surface area (Å²) in [6.45, 7) is 15.0. The van der Waals surface area contributed by atoms with Gasteiger partial charge in [-0.1, -0.05) is 103 Å². The van der Waals surface area contributed by atoms with Crippen molar-refractivity contribution < 1.29 is 63.7 Å². The summed E-state index contributed by atoms with van der Waals surface area (Å²) in [5, 5.41) is 64.6. The molecule has 5 rings (SSSR count). The van der Waals surface area contributed by atoms with Crippen LogP contribution in [0.4, 0.5) is 5.69 Å². The van der Waals surface area contributed by atoms with Crippen molar-refractivity contribution in [2.75, 3.05) is 19.0 Å². The average molecular weight is 895 g/mol. The molecular formula is C49H70N2O13. The number of carbonyl (C=O) groups excluding carboxylic acids is 3. The van der Waals surface area contributed by atoms with Crippen LogP contribution in [-0.2, 0) is 28.6 Å². The maximum Gasteiger partial charge on any atom is 0.312 e. The second-order valence-corrected chi connectivity index (χ2v) is 17.5. The lowest BCUT2D eigenvalue weighted by Gasteiger charge is -2.38. The minimum absolute atomic E-state index is 0.0438. The number of oxime groups is 1. The van der Waals surface area contributed by atoms with Crippen LogP contribution in [0.5, 0.6) is 23.0 Å². The number of unbranched alkanes of at least 4 members (excludes halogenated alkanes) is 8. The van der Waals surface area contributed by atoms with Gasteiger partial charge in [-0.3, -0.25) is 14.4 Å². The number of aliphatic hydroxyl groups is 2. The van der Waals surface area contributed by atoms with Gasteiger partial charge in [0.05, 0.1) is 53.0 Å². The molecule has 3 heterocycles. The first kappa shape index (κ1) is 51.5. The van der Waals surface area contributed by atoms with E-state index in [2.05, 4.69) is 17.4 Å². The molecule has 0 saturated carbocycles. The summed E-state index contributed by atoms with van der Waals surface area (Å²) in [5.74, 6) is -8.54. The zero-order valence-corrected chi connectivity index (χ0v) is 39.1. The number of methoxy groups -OCH3 is 1. The number of anilines is 1. The molecule has 0 aromatic heterocycles. The number of Topliss-reactive ketones (excluding diaryl/α,β-unsaturated/α-hetero) is 1. The predicted octanol–water partition coefficient (Wildman–Crippen LogP) is 8.64. The Balaban J connectivity index is 1.82. The minimum Gasteiger partial charge on any atom is -0.507 e. The highest BCUT2D eigenvalue weighted by Gasteiger charge is 2.50. The highest BCUT2D eigenvalue weighted by Crippen LogP contribution is 2.55. The van der Waals surface area contributed by atoms with Gasteiger partial charge in [-0.05, 0) is 32.8 Å². The van der Waals surface area contributed by atoms with Crippen molar-refractivity contribution in [3.63, 3.8) is 0 Å². The Kier molecular flexibility index (Phi) is 18.7. The molecule has 5 bridgehead atoms. The first-order valence-electron chi connectivity index (χ1n) is 22.6. The van der Waals surface area contributed by atoms with Crippen LogP contribution in [0, 0.1) is 30.6 Å². The number of fused-ring (bicyclic) bond motifs is 14. The van der Waals surface area contributed by atoms with Crippen molar-refractivity contribution in [3.8, 4) is 23.0 Å². The number of allylic oxidation sites excluding steroid dienone is 2. The molecule has 6 N–H and O–H groups in total. The second kappa shape index (κ2) is 23.2. The van der Waals surface area contributed by atoms with Crippen molar-refractivity contribution in [3.05, 3.63) is 52.8 Å². The molecule has 0 radical (unpaired) electrons. The van der Waals surface area contributed by atoms with Crippen molar-refractivity contribution in [1.29, 1.82) is 0 Å². The van der Waals surface area contributed by atoms with E-state index in [-0.39, 0.29) is 51.1 Å². The molecule has 3 aliphatic rings. The van der Waals surface area contributed by atoms with E-state index in [1.54, 1.807) is 39.8 Å². The molecule has 9 unspecified atom stereocenters. The number of hydrogen-bond donors (Lipinski definition) is 6. The van der Waals surface area contributed by atoms with E-state index in [4.69, 9.17) is 23.8 Å². The quantitative estimate of drug-likeness (QED) is 0.0261. The van der Waals surface area contributed by atoms with Crippen LogP contribution in [-0.4, -0.2) is 93.3 Å². The summed E-state index contributed by atoms with van der Waals surface area (Å²) in [6.07, 6.45) is 14.6. The Bertz CT molecular complexity index is 2090. The largest absolute Gasteiger partial charge is 0.507 e. The molecule has 2 aromatic rings. The van der Waals surface area contributed by atoms with E-state index in [0.717, 1.165) is 31.9 Å². The molecule has 15 nitrogen and oxygen atoms in total. The number of ketones is 1. The summed E-state index contributed by atoms with van der Waals surface area (Å²) in [5.41, 5.74) is -0.530. The molecule has 64 heavy (non-hydrogen) atoms. The van der Waals surface area contributed by atoms with Crippen molar-refractivity contribution in [2.24, 2.45) is 28.8 Å². The molecule has 0 saturated heterocycles. The number of ether oxygens (including phenoxy) is 4. The topological polar surface area (TPSA) is 223 Å². The number of benzene rings is 2. The third-order valence-electron chi connectivity index (χ3n) is 12.6. The maximum absolute atomic E-state index is 14.5. The molecule has 354 valence electrons. The molecule has 0 aliphatic carbocycles. The van der Waals surface area contributed by atoms with Crippen molar-refractivity contribution in [1.82, 2.24) is 0 Å². The van der Waals surface area contributed by atoms with E-state index in [0.29, 0.717) is 0 Å². The van der Waals surface area contributed by atoms with E-state index < -0.39 is 88.8 Å². The molecule has 0 fully saturated rings. The number of carbonyl (C=O) groups is 3. The molecule has 3 aliphatic heterocycles. The molecule has 9 atom stereocenters. The normalized spacial score (nSPS) is 28.7. The molecular weight excluding hydrogens is 825 g/mol. The number of rotatable bonds is 14. The maximum atomic E-state index is 14.5. The summed E-state index contributed by atoms with van der Waals surface area (Å²) in [7, 11) is 1.44. The summed E-state index contributed by atoms with van der Waals surface area (Å²) >= 11 is 0. The first-order valence-corrected chi connectivity index (χ1v) is 22.6. The van der Waals surface area contributed by atoms with E-state index in [9.17, 15) is 39.9 Å². The standard InChI is InChI=1S/C49H70N2O13/c1-11-12-13-14-15-16-17-18-19-24-62-50-26-34-39-44(57)37-36(43(34)56)38-46(32(7)42(37)55)64-49(9,47(38)58)61-25-23-35(60-10)29(4)45(63-33(8)52)31(6)41(54)30(5)40(53)27(2)21-20-22-28(3)48(59)51-39/h20-23,25-27,29-31,35,40-41,45,53-57H,11-19,24H2,1-10H3,(H,51,59)/b21-20-,25-23-,28-22-,50-26-. The number of aromatic hydroxyl groups is 3. The van der Waals surface area contributed by atoms with E-state index >= 15 is 0 Å². The van der Waals surface area contributed by atoms with Crippen LogP contribution in [0.3, 0.4) is 0 Å². The Morgan fingerprint density at radius 1 is 0.875 bits per heavy atom. The number of phenols is 3. The number of nitrogens with one attached hydrogen (secondary N) is 1. The fourth-order valence-corrected chi connectivity index (χ4v) is 8.49. The zero-order valence-electron chi connectivity index (χ0n) is 39.1. The monoisotopic (exact) mass is 894 g/mol. The highest BCUT2D eigenvalue weighted by molar-refractivity contribution is 6.23. The molecule has 15 heteroatoms. The zero-order chi connectivity index (χ0) is 47.5. The number of aliphatic hydroxyl groups excluding tert-OH is 2.